The quantitative estimate of drug-likeness (QED) is 0.155. The van der Waals surface area contributed by atoms with Crippen LogP contribution in [0.15, 0.2) is 226 Å². The van der Waals surface area contributed by atoms with Gasteiger partial charge in [-0.1, -0.05) is 153 Å². The molecule has 0 aliphatic carbocycles. The van der Waals surface area contributed by atoms with Crippen LogP contribution in [0.1, 0.15) is 12.5 Å². The van der Waals surface area contributed by atoms with Gasteiger partial charge in [0, 0.05) is 44.2 Å². The van der Waals surface area contributed by atoms with Crippen molar-refractivity contribution in [2.24, 2.45) is 0 Å². The largest absolute Gasteiger partial charge is 0.355 e. The van der Waals surface area contributed by atoms with E-state index >= 15 is 0 Å². The summed E-state index contributed by atoms with van der Waals surface area (Å²) in [5.41, 5.74) is 13.1. The molecule has 11 rings (SSSR count). The van der Waals surface area contributed by atoms with E-state index in [4.69, 9.17) is 4.98 Å². The highest BCUT2D eigenvalue weighted by atomic mass is 15.1. The van der Waals surface area contributed by atoms with Crippen LogP contribution >= 0.6 is 0 Å². The maximum absolute atomic E-state index is 5.35. The number of hydrogen-bond donors (Lipinski definition) is 1. The molecule has 4 heteroatoms. The first kappa shape index (κ1) is 38.0. The Bertz CT molecular complexity index is 3410. The highest BCUT2D eigenvalue weighted by molar-refractivity contribution is 6.15. The van der Waals surface area contributed by atoms with Crippen molar-refractivity contribution in [1.29, 1.82) is 0 Å². The molecule has 296 valence electrons. The summed E-state index contributed by atoms with van der Waals surface area (Å²) in [6, 6.07) is 69.2. The summed E-state index contributed by atoms with van der Waals surface area (Å²) in [6.07, 6.45) is 7.51. The molecule has 1 N–H and O–H groups in total. The molecule has 0 saturated heterocycles. The van der Waals surface area contributed by atoms with E-state index in [1.165, 1.54) is 32.4 Å². The van der Waals surface area contributed by atoms with Crippen molar-refractivity contribution in [1.82, 2.24) is 14.1 Å². The van der Waals surface area contributed by atoms with Crippen molar-refractivity contribution >= 4 is 71.8 Å². The van der Waals surface area contributed by atoms with Crippen LogP contribution < -0.4 is 5.32 Å². The van der Waals surface area contributed by atoms with Gasteiger partial charge in [0.1, 0.15) is 5.82 Å². The normalized spacial score (nSPS) is 11.4. The molecule has 0 radical (unpaired) electrons. The molecule has 11 aromatic rings. The first-order chi connectivity index (χ1) is 30.6. The first-order valence-corrected chi connectivity index (χ1v) is 21.0. The number of allylic oxidation sites excluding steroid dienone is 3. The lowest BCUT2D eigenvalue weighted by Gasteiger charge is -2.14. The van der Waals surface area contributed by atoms with E-state index in [9.17, 15) is 0 Å². The van der Waals surface area contributed by atoms with Crippen LogP contribution in [0.2, 0.25) is 0 Å². The fraction of sp³-hybridized carbons (Fsp3) is 0.0172. The Balaban J connectivity index is 0.000000869. The minimum Gasteiger partial charge on any atom is -0.355 e. The van der Waals surface area contributed by atoms with E-state index in [1.807, 2.05) is 43.4 Å². The topological polar surface area (TPSA) is 34.8 Å². The van der Waals surface area contributed by atoms with Crippen LogP contribution in [0.3, 0.4) is 0 Å². The summed E-state index contributed by atoms with van der Waals surface area (Å²) >= 11 is 0. The van der Waals surface area contributed by atoms with Gasteiger partial charge in [0.15, 0.2) is 0 Å². The molecule has 0 bridgehead atoms. The van der Waals surface area contributed by atoms with Gasteiger partial charge in [-0.2, -0.15) is 0 Å². The molecular formula is C58H44N4. The first-order valence-electron chi connectivity index (χ1n) is 21.0. The van der Waals surface area contributed by atoms with Gasteiger partial charge in [0.25, 0.3) is 0 Å². The van der Waals surface area contributed by atoms with Gasteiger partial charge in [0.2, 0.25) is 0 Å². The minimum absolute atomic E-state index is 0.885. The third-order valence-corrected chi connectivity index (χ3v) is 11.5. The fourth-order valence-electron chi connectivity index (χ4n) is 8.68. The average Bonchev–Trinajstić information content (AvgIpc) is 3.83. The van der Waals surface area contributed by atoms with E-state index in [0.29, 0.717) is 0 Å². The Hall–Kier alpha value is -8.21. The predicted octanol–water partition coefficient (Wildman–Crippen LogP) is 15.9. The monoisotopic (exact) mass is 796 g/mol. The van der Waals surface area contributed by atoms with E-state index in [0.717, 1.165) is 72.8 Å². The minimum atomic E-state index is 0.885. The van der Waals surface area contributed by atoms with Crippen LogP contribution in [0.4, 0.5) is 11.4 Å². The summed E-state index contributed by atoms with van der Waals surface area (Å²) in [5.74, 6) is 0.885. The number of nitrogens with one attached hydrogen (secondary N) is 1. The van der Waals surface area contributed by atoms with Gasteiger partial charge in [-0.3, -0.25) is 4.57 Å². The number of rotatable bonds is 8. The predicted molar refractivity (Wildman–Crippen MR) is 266 cm³/mol. The van der Waals surface area contributed by atoms with Crippen LogP contribution in [0, 0.1) is 0 Å². The van der Waals surface area contributed by atoms with Crippen LogP contribution in [0.5, 0.6) is 0 Å². The zero-order valence-electron chi connectivity index (χ0n) is 34.5. The van der Waals surface area contributed by atoms with E-state index < -0.39 is 0 Å². The maximum Gasteiger partial charge on any atom is 0.138 e. The Morgan fingerprint density at radius 3 is 1.74 bits per heavy atom. The molecular weight excluding hydrogens is 753 g/mol. The summed E-state index contributed by atoms with van der Waals surface area (Å²) in [6.45, 7) is 9.57. The summed E-state index contributed by atoms with van der Waals surface area (Å²) in [7, 11) is 0. The number of pyridine rings is 1. The van der Waals surface area contributed by atoms with Crippen molar-refractivity contribution in [3.63, 3.8) is 0 Å². The summed E-state index contributed by atoms with van der Waals surface area (Å²) < 4.78 is 4.74. The van der Waals surface area contributed by atoms with E-state index in [-0.39, 0.29) is 0 Å². The molecule has 0 saturated carbocycles. The van der Waals surface area contributed by atoms with Crippen LogP contribution in [-0.2, 0) is 0 Å². The molecule has 0 unspecified atom stereocenters. The molecule has 0 amide bonds. The number of hydrogen-bond acceptors (Lipinski definition) is 2. The van der Waals surface area contributed by atoms with Crippen molar-refractivity contribution < 1.29 is 0 Å². The molecule has 0 atom stereocenters. The lowest BCUT2D eigenvalue weighted by Crippen LogP contribution is -2.00. The number of nitrogens with zero attached hydrogens (tertiary/aromatic N) is 3. The van der Waals surface area contributed by atoms with Gasteiger partial charge in [0.05, 0.1) is 27.8 Å². The standard InChI is InChI=1S/C53H36N4.C5H8/c1-2-35-28-38-29-45-43-22-12-14-24-49(43)56(52(45)32-39(38)30-47(35)54-41-20-10-5-11-21-41)42-26-27-51-46(34-42)44-23-13-15-25-50(44)57(51)53-33-40(36-16-6-3-7-17-36)31-48(55-53)37-18-8-4-9-19-37;1-3-5-4-2/h2-34,54H,1H2;3-5H,1H2,2H3/b;5-4-. The van der Waals surface area contributed by atoms with E-state index in [2.05, 4.69) is 204 Å². The molecule has 3 aromatic heterocycles. The second kappa shape index (κ2) is 16.4. The Labute approximate surface area is 361 Å². The molecule has 3 heterocycles. The Morgan fingerprint density at radius 1 is 0.484 bits per heavy atom. The second-order valence-corrected chi connectivity index (χ2v) is 15.4. The highest BCUT2D eigenvalue weighted by Crippen LogP contribution is 2.40. The number of aromatic nitrogens is 3. The Kier molecular flexibility index (Phi) is 10.1. The van der Waals surface area contributed by atoms with Gasteiger partial charge in [-0.15, -0.1) is 0 Å². The number of benzene rings is 8. The second-order valence-electron chi connectivity index (χ2n) is 15.4. The van der Waals surface area contributed by atoms with Crippen LogP contribution in [0.25, 0.3) is 94.3 Å². The zero-order valence-corrected chi connectivity index (χ0v) is 34.5. The summed E-state index contributed by atoms with van der Waals surface area (Å²) in [5, 5.41) is 10.8. The van der Waals surface area contributed by atoms with Gasteiger partial charge in [-0.25, -0.2) is 4.98 Å². The third kappa shape index (κ3) is 6.94. The highest BCUT2D eigenvalue weighted by Gasteiger charge is 2.19. The van der Waals surface area contributed by atoms with Crippen molar-refractivity contribution in [2.75, 3.05) is 5.32 Å². The lowest BCUT2D eigenvalue weighted by atomic mass is 10.0. The van der Waals surface area contributed by atoms with Crippen LogP contribution in [-0.4, -0.2) is 14.1 Å². The van der Waals surface area contributed by atoms with Crippen molar-refractivity contribution in [3.8, 4) is 33.9 Å². The molecule has 8 aromatic carbocycles. The summed E-state index contributed by atoms with van der Waals surface area (Å²) in [4.78, 5) is 5.35. The molecule has 4 nitrogen and oxygen atoms in total. The fourth-order valence-corrected chi connectivity index (χ4v) is 8.68. The third-order valence-electron chi connectivity index (χ3n) is 11.5. The lowest BCUT2D eigenvalue weighted by molar-refractivity contribution is 1.08. The van der Waals surface area contributed by atoms with Crippen molar-refractivity contribution in [3.05, 3.63) is 231 Å². The van der Waals surface area contributed by atoms with Gasteiger partial charge in [-0.05, 0) is 113 Å². The molecule has 0 spiro atoms. The SMILES string of the molecule is C=C/C=C\C.C=Cc1cc2cc3c4ccccc4n(-c4ccc5c(c4)c4ccccc4n5-c4cc(-c5ccccc5)cc(-c5ccccc5)n4)c3cc2cc1Nc1ccccc1. The smallest absolute Gasteiger partial charge is 0.138 e. The zero-order chi connectivity index (χ0) is 42.0. The van der Waals surface area contributed by atoms with E-state index in [1.54, 1.807) is 6.08 Å². The Morgan fingerprint density at radius 2 is 1.08 bits per heavy atom. The van der Waals surface area contributed by atoms with Gasteiger partial charge >= 0.3 is 0 Å². The number of fused-ring (bicyclic) bond motifs is 7. The maximum atomic E-state index is 5.35. The number of anilines is 2. The van der Waals surface area contributed by atoms with Gasteiger partial charge < -0.3 is 9.88 Å². The molecule has 0 fully saturated rings. The molecule has 0 aliphatic rings. The number of para-hydroxylation sites is 3. The van der Waals surface area contributed by atoms with Crippen molar-refractivity contribution in [2.45, 2.75) is 6.92 Å². The molecule has 0 aliphatic heterocycles. The molecule has 62 heavy (non-hydrogen) atoms. The average molecular weight is 797 g/mol.